The molecule has 0 saturated carbocycles. The number of nitrogens with one attached hydrogen (secondary N) is 1. The van der Waals surface area contributed by atoms with Crippen LogP contribution < -0.4 is 5.32 Å². The van der Waals surface area contributed by atoms with Gasteiger partial charge in [-0.05, 0) is 19.4 Å². The summed E-state index contributed by atoms with van der Waals surface area (Å²) >= 11 is 0. The molecule has 1 N–H and O–H groups in total. The third-order valence-corrected chi connectivity index (χ3v) is 2.78. The number of benzene rings is 1. The summed E-state index contributed by atoms with van der Waals surface area (Å²) in [6.45, 7) is 5.08. The first-order valence-electron chi connectivity index (χ1n) is 6.14. The Hall–Kier alpha value is -1.42. The lowest BCUT2D eigenvalue weighted by molar-refractivity contribution is -0.385. The summed E-state index contributed by atoms with van der Waals surface area (Å²) in [6.07, 6.45) is 2.84. The molecule has 1 rings (SSSR count). The lowest BCUT2D eigenvalue weighted by atomic mass is 10.0. The van der Waals surface area contributed by atoms with E-state index in [4.69, 9.17) is 0 Å². The van der Waals surface area contributed by atoms with Crippen molar-refractivity contribution in [2.45, 2.75) is 39.2 Å². The first-order valence-corrected chi connectivity index (χ1v) is 6.14. The largest absolute Gasteiger partial charge is 0.314 e. The van der Waals surface area contributed by atoms with Gasteiger partial charge in [0.15, 0.2) is 0 Å². The Morgan fingerprint density at radius 2 is 2.06 bits per heavy atom. The van der Waals surface area contributed by atoms with Crippen LogP contribution in [-0.4, -0.2) is 17.5 Å². The van der Waals surface area contributed by atoms with Crippen LogP contribution in [0.15, 0.2) is 24.3 Å². The highest BCUT2D eigenvalue weighted by molar-refractivity contribution is 5.40. The van der Waals surface area contributed by atoms with Crippen LogP contribution >= 0.6 is 0 Å². The van der Waals surface area contributed by atoms with Crippen LogP contribution in [0.5, 0.6) is 0 Å². The molecule has 0 heterocycles. The minimum absolute atomic E-state index is 0.228. The second-order valence-electron chi connectivity index (χ2n) is 4.13. The molecule has 0 saturated heterocycles. The van der Waals surface area contributed by atoms with Crippen LogP contribution in [0.1, 0.15) is 32.3 Å². The number of nitro groups is 1. The molecule has 17 heavy (non-hydrogen) atoms. The summed E-state index contributed by atoms with van der Waals surface area (Å²) in [7, 11) is 0. The first kappa shape index (κ1) is 13.6. The van der Waals surface area contributed by atoms with Gasteiger partial charge >= 0.3 is 0 Å². The van der Waals surface area contributed by atoms with Gasteiger partial charge in [-0.1, -0.05) is 38.5 Å². The van der Waals surface area contributed by atoms with E-state index in [0.29, 0.717) is 6.04 Å². The number of likely N-dealkylation sites (N-methyl/N-ethyl adjacent to an activating group) is 1. The monoisotopic (exact) mass is 236 g/mol. The Balaban J connectivity index is 2.80. The van der Waals surface area contributed by atoms with E-state index in [-0.39, 0.29) is 10.6 Å². The zero-order valence-corrected chi connectivity index (χ0v) is 10.5. The standard InChI is InChI=1S/C13H20N2O2/c1-3-7-12(14-4-2)10-11-8-5-6-9-13(11)15(16)17/h5-6,8-9,12,14H,3-4,7,10H2,1-2H3. The normalized spacial score (nSPS) is 12.4. The number of hydrogen-bond donors (Lipinski definition) is 1. The molecular formula is C13H20N2O2. The third-order valence-electron chi connectivity index (χ3n) is 2.78. The Bertz CT molecular complexity index is 360. The van der Waals surface area contributed by atoms with E-state index in [0.717, 1.165) is 31.4 Å². The highest BCUT2D eigenvalue weighted by Gasteiger charge is 2.16. The highest BCUT2D eigenvalue weighted by Crippen LogP contribution is 2.20. The number of nitrogens with zero attached hydrogens (tertiary/aromatic N) is 1. The lowest BCUT2D eigenvalue weighted by Gasteiger charge is -2.16. The number of para-hydroxylation sites is 1. The van der Waals surface area contributed by atoms with E-state index in [1.807, 2.05) is 12.1 Å². The molecule has 1 aromatic rings. The second-order valence-corrected chi connectivity index (χ2v) is 4.13. The van der Waals surface area contributed by atoms with Crippen LogP contribution in [0.25, 0.3) is 0 Å². The molecule has 0 spiro atoms. The van der Waals surface area contributed by atoms with Crippen molar-refractivity contribution in [2.75, 3.05) is 6.54 Å². The van der Waals surface area contributed by atoms with E-state index in [2.05, 4.69) is 19.2 Å². The predicted molar refractivity (Wildman–Crippen MR) is 69.2 cm³/mol. The summed E-state index contributed by atoms with van der Waals surface area (Å²) in [6, 6.07) is 7.31. The highest BCUT2D eigenvalue weighted by atomic mass is 16.6. The molecule has 4 heteroatoms. The van der Waals surface area contributed by atoms with Crippen molar-refractivity contribution in [3.8, 4) is 0 Å². The maximum atomic E-state index is 10.9. The van der Waals surface area contributed by atoms with E-state index in [9.17, 15) is 10.1 Å². The molecule has 1 atom stereocenters. The Morgan fingerprint density at radius 1 is 1.35 bits per heavy atom. The number of rotatable bonds is 7. The van der Waals surface area contributed by atoms with Gasteiger partial charge in [0, 0.05) is 17.7 Å². The van der Waals surface area contributed by atoms with Gasteiger partial charge in [0.25, 0.3) is 5.69 Å². The fourth-order valence-electron chi connectivity index (χ4n) is 2.04. The summed E-state index contributed by atoms with van der Waals surface area (Å²) in [5.74, 6) is 0. The van der Waals surface area contributed by atoms with E-state index >= 15 is 0 Å². The molecule has 94 valence electrons. The second kappa shape index (κ2) is 7.01. The van der Waals surface area contributed by atoms with Gasteiger partial charge in [-0.2, -0.15) is 0 Å². The molecule has 1 unspecified atom stereocenters. The molecule has 0 radical (unpaired) electrons. The van der Waals surface area contributed by atoms with Gasteiger partial charge in [0.2, 0.25) is 0 Å². The van der Waals surface area contributed by atoms with Crippen LogP contribution in [-0.2, 0) is 6.42 Å². The summed E-state index contributed by atoms with van der Waals surface area (Å²) in [5, 5.41) is 14.3. The van der Waals surface area contributed by atoms with Crippen molar-refractivity contribution in [3.05, 3.63) is 39.9 Å². The van der Waals surface area contributed by atoms with Crippen LogP contribution in [0, 0.1) is 10.1 Å². The van der Waals surface area contributed by atoms with E-state index in [1.165, 1.54) is 0 Å². The van der Waals surface area contributed by atoms with E-state index in [1.54, 1.807) is 12.1 Å². The van der Waals surface area contributed by atoms with Crippen LogP contribution in [0.3, 0.4) is 0 Å². The Kier molecular flexibility index (Phi) is 5.63. The molecule has 0 fully saturated rings. The molecule has 0 aliphatic carbocycles. The van der Waals surface area contributed by atoms with Crippen molar-refractivity contribution < 1.29 is 4.92 Å². The first-order chi connectivity index (χ1) is 8.19. The quantitative estimate of drug-likeness (QED) is 0.585. The predicted octanol–water partition coefficient (Wildman–Crippen LogP) is 2.92. The average molecular weight is 236 g/mol. The van der Waals surface area contributed by atoms with Crippen molar-refractivity contribution >= 4 is 5.69 Å². The Morgan fingerprint density at radius 3 is 2.65 bits per heavy atom. The number of nitro benzene ring substituents is 1. The van der Waals surface area contributed by atoms with Gasteiger partial charge in [-0.25, -0.2) is 0 Å². The summed E-state index contributed by atoms with van der Waals surface area (Å²) in [5.41, 5.74) is 1.04. The van der Waals surface area contributed by atoms with Crippen molar-refractivity contribution in [1.29, 1.82) is 0 Å². The van der Waals surface area contributed by atoms with Gasteiger partial charge in [-0.15, -0.1) is 0 Å². The Labute approximate surface area is 102 Å². The molecular weight excluding hydrogens is 216 g/mol. The topological polar surface area (TPSA) is 55.2 Å². The molecule has 0 aliphatic heterocycles. The fourth-order valence-corrected chi connectivity index (χ4v) is 2.04. The zero-order valence-electron chi connectivity index (χ0n) is 10.5. The molecule has 0 aromatic heterocycles. The summed E-state index contributed by atoms with van der Waals surface area (Å²) in [4.78, 5) is 10.6. The van der Waals surface area contributed by atoms with Gasteiger partial charge < -0.3 is 5.32 Å². The zero-order chi connectivity index (χ0) is 12.7. The lowest BCUT2D eigenvalue weighted by Crippen LogP contribution is -2.30. The number of hydrogen-bond acceptors (Lipinski definition) is 3. The van der Waals surface area contributed by atoms with Crippen molar-refractivity contribution in [3.63, 3.8) is 0 Å². The molecule has 0 aliphatic rings. The maximum Gasteiger partial charge on any atom is 0.272 e. The minimum atomic E-state index is -0.301. The SMILES string of the molecule is CCCC(Cc1ccccc1[N+](=O)[O-])NCC. The van der Waals surface area contributed by atoms with Gasteiger partial charge in [0.1, 0.15) is 0 Å². The summed E-state index contributed by atoms with van der Waals surface area (Å²) < 4.78 is 0. The van der Waals surface area contributed by atoms with Gasteiger partial charge in [-0.3, -0.25) is 10.1 Å². The van der Waals surface area contributed by atoms with E-state index < -0.39 is 0 Å². The molecule has 0 bridgehead atoms. The van der Waals surface area contributed by atoms with Crippen molar-refractivity contribution in [1.82, 2.24) is 5.32 Å². The van der Waals surface area contributed by atoms with Crippen molar-refractivity contribution in [2.24, 2.45) is 0 Å². The molecule has 4 nitrogen and oxygen atoms in total. The van der Waals surface area contributed by atoms with Gasteiger partial charge in [0.05, 0.1) is 4.92 Å². The average Bonchev–Trinajstić information content (AvgIpc) is 2.30. The molecule has 0 amide bonds. The van der Waals surface area contributed by atoms with Crippen LogP contribution in [0.2, 0.25) is 0 Å². The van der Waals surface area contributed by atoms with Crippen LogP contribution in [0.4, 0.5) is 5.69 Å². The molecule has 1 aromatic carbocycles. The smallest absolute Gasteiger partial charge is 0.272 e. The third kappa shape index (κ3) is 4.15. The fraction of sp³-hybridized carbons (Fsp3) is 0.538. The minimum Gasteiger partial charge on any atom is -0.314 e. The maximum absolute atomic E-state index is 10.9.